The number of carboxylic acid groups (broad SMARTS) is 1. The number of nitrogens with one attached hydrogen (secondary N) is 1. The van der Waals surface area contributed by atoms with Gasteiger partial charge in [0.15, 0.2) is 0 Å². The number of fused-ring (bicyclic) bond motifs is 3. The molecule has 1 aromatic carbocycles. The Morgan fingerprint density at radius 3 is 2.69 bits per heavy atom. The van der Waals surface area contributed by atoms with E-state index in [9.17, 15) is 14.7 Å². The largest absolute Gasteiger partial charge is 0.530 e. The van der Waals surface area contributed by atoms with Gasteiger partial charge in [0.2, 0.25) is 5.70 Å². The van der Waals surface area contributed by atoms with Gasteiger partial charge in [-0.3, -0.25) is 9.79 Å². The molecule has 4 unspecified atom stereocenters. The summed E-state index contributed by atoms with van der Waals surface area (Å²) in [5.74, 6) is 7.56. The Kier molecular flexibility index (Phi) is 4.87. The second-order valence-electron chi connectivity index (χ2n) is 9.12. The molecular weight excluding hydrogens is 446 g/mol. The molecule has 0 aliphatic carbocycles. The summed E-state index contributed by atoms with van der Waals surface area (Å²) < 4.78 is -0.155. The van der Waals surface area contributed by atoms with E-state index in [0.29, 0.717) is 23.6 Å². The Bertz CT molecular complexity index is 1330. The van der Waals surface area contributed by atoms with Crippen LogP contribution < -0.4 is 16.3 Å². The lowest BCUT2D eigenvalue weighted by atomic mass is 9.86. The van der Waals surface area contributed by atoms with Crippen molar-refractivity contribution < 1.29 is 19.3 Å². The van der Waals surface area contributed by atoms with Crippen LogP contribution in [-0.2, 0) is 0 Å². The first-order valence-electron chi connectivity index (χ1n) is 11.5. The van der Waals surface area contributed by atoms with Crippen molar-refractivity contribution in [2.45, 2.75) is 31.3 Å². The maximum Gasteiger partial charge on any atom is 0.264 e. The number of benzene rings is 1. The van der Waals surface area contributed by atoms with Crippen LogP contribution in [0.1, 0.15) is 35.2 Å². The average molecular weight is 470 g/mol. The number of aromatic nitrogens is 1. The van der Waals surface area contributed by atoms with Crippen LogP contribution in [-0.4, -0.2) is 50.6 Å². The third-order valence-electron chi connectivity index (χ3n) is 7.23. The van der Waals surface area contributed by atoms with Gasteiger partial charge in [-0.1, -0.05) is 6.07 Å². The number of allylic oxidation sites excluding steroid dienone is 1. The van der Waals surface area contributed by atoms with E-state index >= 15 is 0 Å². The molecular formula is C25H23N7O3. The zero-order valence-electron chi connectivity index (χ0n) is 18.7. The van der Waals surface area contributed by atoms with Gasteiger partial charge < -0.3 is 20.1 Å². The predicted octanol–water partition coefficient (Wildman–Crippen LogP) is 1.75. The van der Waals surface area contributed by atoms with Crippen LogP contribution in [0.2, 0.25) is 0 Å². The first kappa shape index (κ1) is 21.4. The molecule has 0 radical (unpaired) electrons. The van der Waals surface area contributed by atoms with E-state index < -0.39 is 6.09 Å². The van der Waals surface area contributed by atoms with E-state index in [-0.39, 0.29) is 28.5 Å². The van der Waals surface area contributed by atoms with Crippen molar-refractivity contribution in [1.29, 1.82) is 0 Å². The summed E-state index contributed by atoms with van der Waals surface area (Å²) in [5.41, 5.74) is 2.74. The number of carbonyl (C=O) groups excluding carboxylic acids is 2. The molecule has 176 valence electrons. The monoisotopic (exact) mass is 469 g/mol. The van der Waals surface area contributed by atoms with Crippen molar-refractivity contribution in [1.82, 2.24) is 9.88 Å². The van der Waals surface area contributed by atoms with Crippen LogP contribution >= 0.6 is 0 Å². The molecule has 0 spiro atoms. The minimum atomic E-state index is -1.13. The molecule has 10 heteroatoms. The van der Waals surface area contributed by atoms with E-state index in [1.165, 1.54) is 4.90 Å². The Balaban J connectivity index is 1.30. The molecule has 2 fully saturated rings. The third kappa shape index (κ3) is 3.37. The lowest BCUT2D eigenvalue weighted by Crippen LogP contribution is -2.53. The quantitative estimate of drug-likeness (QED) is 0.519. The summed E-state index contributed by atoms with van der Waals surface area (Å²) in [5, 5.41) is 14.5. The van der Waals surface area contributed by atoms with Gasteiger partial charge in [0, 0.05) is 29.8 Å². The highest BCUT2D eigenvalue weighted by Gasteiger charge is 2.53. The number of pyridine rings is 1. The van der Waals surface area contributed by atoms with Crippen molar-refractivity contribution in [2.75, 3.05) is 5.32 Å². The molecule has 6 rings (SSSR count). The summed E-state index contributed by atoms with van der Waals surface area (Å²) in [4.78, 5) is 39.2. The number of amides is 2. The van der Waals surface area contributed by atoms with E-state index in [1.807, 2.05) is 12.1 Å². The van der Waals surface area contributed by atoms with Crippen LogP contribution in [0.5, 0.6) is 0 Å². The Morgan fingerprint density at radius 2 is 1.97 bits per heavy atom. The molecule has 10 nitrogen and oxygen atoms in total. The van der Waals surface area contributed by atoms with Crippen LogP contribution in [0.3, 0.4) is 0 Å². The molecule has 4 aliphatic rings. The van der Waals surface area contributed by atoms with Gasteiger partial charge >= 0.3 is 0 Å². The fourth-order valence-corrected chi connectivity index (χ4v) is 5.64. The minimum Gasteiger partial charge on any atom is -0.530 e. The summed E-state index contributed by atoms with van der Waals surface area (Å²) in [6.07, 6.45) is 7.89. The second kappa shape index (κ2) is 7.97. The number of nitrogens with zero attached hydrogens (tertiary/aromatic N) is 5. The Morgan fingerprint density at radius 1 is 1.14 bits per heavy atom. The summed E-state index contributed by atoms with van der Waals surface area (Å²) >= 11 is 0. The van der Waals surface area contributed by atoms with Gasteiger partial charge in [0.1, 0.15) is 23.8 Å². The molecule has 5 heterocycles. The van der Waals surface area contributed by atoms with Crippen molar-refractivity contribution >= 4 is 29.9 Å². The lowest BCUT2D eigenvalue weighted by Gasteiger charge is -2.28. The number of rotatable bonds is 4. The molecule has 2 bridgehead atoms. The number of hydrogen-bond donors (Lipinski definition) is 2. The molecule has 1 aromatic heterocycles. The number of nitrogens with two attached hydrogens (primary N) is 1. The van der Waals surface area contributed by atoms with Crippen LogP contribution in [0.15, 0.2) is 82.4 Å². The lowest BCUT2D eigenvalue weighted by molar-refractivity contribution is -0.750. The van der Waals surface area contributed by atoms with Gasteiger partial charge in [0.05, 0.1) is 18.0 Å². The van der Waals surface area contributed by atoms with Crippen LogP contribution in [0.4, 0.5) is 10.6 Å². The summed E-state index contributed by atoms with van der Waals surface area (Å²) in [6, 6.07) is 12.2. The smallest absolute Gasteiger partial charge is 0.264 e. The zero-order valence-corrected chi connectivity index (χ0v) is 18.7. The maximum absolute atomic E-state index is 12.6. The predicted molar refractivity (Wildman–Crippen MR) is 126 cm³/mol. The third-order valence-corrected chi connectivity index (χ3v) is 7.23. The van der Waals surface area contributed by atoms with Gasteiger partial charge in [-0.05, 0) is 55.7 Å². The van der Waals surface area contributed by atoms with E-state index in [2.05, 4.69) is 15.3 Å². The normalized spacial score (nSPS) is 28.3. The van der Waals surface area contributed by atoms with Gasteiger partial charge in [-0.25, -0.2) is 4.98 Å². The number of aliphatic imine (C=N–C) groups is 2. The minimum absolute atomic E-state index is 0.0463. The van der Waals surface area contributed by atoms with Crippen LogP contribution in [0, 0.1) is 5.92 Å². The zero-order chi connectivity index (χ0) is 24.2. The van der Waals surface area contributed by atoms with Gasteiger partial charge in [0.25, 0.3) is 11.7 Å². The molecule has 2 amide bonds. The molecule has 4 atom stereocenters. The number of amidine groups is 1. The number of carbonyl (C=O) groups is 2. The topological polar surface area (TPSA) is 136 Å². The van der Waals surface area contributed by atoms with E-state index in [4.69, 9.17) is 10.8 Å². The molecule has 4 aliphatic heterocycles. The highest BCUT2D eigenvalue weighted by atomic mass is 16.4. The standard InChI is InChI=1S/C25H23N7O3/c26-32-12-11-27-14-20(32)22(18-13-17-8-9-19(18)31(17)25(34)35)30-23(32)15-4-6-16(7-5-15)24(33)29-21-3-1-2-10-28-21/h1-7,10-12,14,17-19H,8-9,13,26H2,(H-,28,29,33,34,35). The summed E-state index contributed by atoms with van der Waals surface area (Å²) in [7, 11) is 0. The number of quaternary nitrogens is 1. The fourth-order valence-electron chi connectivity index (χ4n) is 5.64. The molecule has 35 heavy (non-hydrogen) atoms. The Hall–Kier alpha value is -4.15. The number of anilines is 1. The number of hydrogen-bond acceptors (Lipinski definition) is 7. The van der Waals surface area contributed by atoms with E-state index in [0.717, 1.165) is 29.8 Å². The van der Waals surface area contributed by atoms with Gasteiger partial charge in [-0.2, -0.15) is 10.8 Å². The highest BCUT2D eigenvalue weighted by Crippen LogP contribution is 2.48. The van der Waals surface area contributed by atoms with Crippen molar-refractivity contribution in [3.63, 3.8) is 0 Å². The second-order valence-corrected chi connectivity index (χ2v) is 9.12. The van der Waals surface area contributed by atoms with Gasteiger partial charge in [-0.15, -0.1) is 4.59 Å². The van der Waals surface area contributed by atoms with Crippen molar-refractivity contribution in [3.05, 3.63) is 83.6 Å². The Labute approximate surface area is 201 Å². The SMILES string of the molecule is N[N+]12C=CN=CC1=C(C1CC3CCC1N3C(=O)[O-])N=C2c1ccc(C(=O)Nc2ccccn2)cc1. The summed E-state index contributed by atoms with van der Waals surface area (Å²) in [6.45, 7) is 0. The van der Waals surface area contributed by atoms with E-state index in [1.54, 1.807) is 55.1 Å². The molecule has 2 aromatic rings. The highest BCUT2D eigenvalue weighted by molar-refractivity contribution is 6.05. The van der Waals surface area contributed by atoms with Crippen molar-refractivity contribution in [3.8, 4) is 0 Å². The molecule has 0 saturated carbocycles. The van der Waals surface area contributed by atoms with Crippen LogP contribution in [0.25, 0.3) is 0 Å². The fraction of sp³-hybridized carbons (Fsp3) is 0.240. The van der Waals surface area contributed by atoms with Crippen molar-refractivity contribution in [2.24, 2.45) is 21.7 Å². The molecule has 2 saturated heterocycles. The average Bonchev–Trinajstić information content (AvgIpc) is 3.54. The first-order chi connectivity index (χ1) is 17.0. The molecule has 3 N–H and O–H groups in total. The maximum atomic E-state index is 12.6. The first-order valence-corrected chi connectivity index (χ1v) is 11.5.